The van der Waals surface area contributed by atoms with Gasteiger partial charge in [0.25, 0.3) is 11.5 Å². The summed E-state index contributed by atoms with van der Waals surface area (Å²) in [6.45, 7) is 1.68. The lowest BCUT2D eigenvalue weighted by Gasteiger charge is -2.35. The predicted molar refractivity (Wildman–Crippen MR) is 148 cm³/mol. The minimum atomic E-state index is -1.01. The lowest BCUT2D eigenvalue weighted by atomic mass is 9.87. The fraction of sp³-hybridized carbons (Fsp3) is 0.345. The zero-order chi connectivity index (χ0) is 27.0. The molecule has 0 aliphatic carbocycles. The van der Waals surface area contributed by atoms with E-state index in [1.165, 1.54) is 4.90 Å². The second-order valence-electron chi connectivity index (χ2n) is 10.1. The molecule has 1 fully saturated rings. The van der Waals surface area contributed by atoms with Crippen molar-refractivity contribution in [1.82, 2.24) is 23.9 Å². The Hall–Kier alpha value is -3.98. The molecule has 0 unspecified atom stereocenters. The number of aryl methyl sites for hydroxylation is 1. The lowest BCUT2D eigenvalue weighted by Crippen LogP contribution is -2.40. The van der Waals surface area contributed by atoms with Gasteiger partial charge in [-0.25, -0.2) is 9.37 Å². The van der Waals surface area contributed by atoms with Crippen LogP contribution >= 0.6 is 0 Å². The van der Waals surface area contributed by atoms with Gasteiger partial charge in [0.1, 0.15) is 11.8 Å². The number of piperidine rings is 1. The molecule has 1 aliphatic heterocycles. The van der Waals surface area contributed by atoms with Crippen LogP contribution in [0.1, 0.15) is 34.0 Å². The number of likely N-dealkylation sites (tertiary alicyclic amines) is 1. The van der Waals surface area contributed by atoms with Crippen molar-refractivity contribution < 1.29 is 9.18 Å². The maximum Gasteiger partial charge on any atom is 0.257 e. The number of hydrogen-bond donors (Lipinski definition) is 1. The highest BCUT2D eigenvalue weighted by molar-refractivity contribution is 5.93. The van der Waals surface area contributed by atoms with Gasteiger partial charge in [-0.2, -0.15) is 0 Å². The third kappa shape index (κ3) is 4.81. The zero-order valence-electron chi connectivity index (χ0n) is 22.2. The molecular weight excluding hydrogens is 483 g/mol. The molecule has 0 radical (unpaired) electrons. The molecule has 0 bridgehead atoms. The molecule has 8 nitrogen and oxygen atoms in total. The Morgan fingerprint density at radius 2 is 1.92 bits per heavy atom. The number of amides is 1. The fourth-order valence-electron chi connectivity index (χ4n) is 5.30. The van der Waals surface area contributed by atoms with Crippen LogP contribution in [-0.2, 0) is 13.6 Å². The Bertz CT molecular complexity index is 1520. The lowest BCUT2D eigenvalue weighted by molar-refractivity contribution is 0.0827. The number of nitrogens with one attached hydrogen (secondary N) is 1. The van der Waals surface area contributed by atoms with Crippen LogP contribution in [0.15, 0.2) is 65.7 Å². The van der Waals surface area contributed by atoms with E-state index < -0.39 is 6.17 Å². The molecule has 0 spiro atoms. The number of carbonyl (C=O) groups excluding carboxylic acids is 1. The van der Waals surface area contributed by atoms with Gasteiger partial charge >= 0.3 is 0 Å². The van der Waals surface area contributed by atoms with E-state index in [4.69, 9.17) is 0 Å². The van der Waals surface area contributed by atoms with Crippen LogP contribution in [0.5, 0.6) is 0 Å². The quantitative estimate of drug-likeness (QED) is 0.422. The summed E-state index contributed by atoms with van der Waals surface area (Å²) < 4.78 is 19.0. The van der Waals surface area contributed by atoms with E-state index in [1.807, 2.05) is 35.9 Å². The zero-order valence-corrected chi connectivity index (χ0v) is 22.2. The molecule has 9 heteroatoms. The van der Waals surface area contributed by atoms with Crippen LogP contribution in [0.25, 0.3) is 16.7 Å². The second-order valence-corrected chi connectivity index (χ2v) is 10.1. The molecule has 2 atom stereocenters. The number of fused-ring (bicyclic) bond motifs is 1. The van der Waals surface area contributed by atoms with E-state index in [0.717, 1.165) is 40.2 Å². The monoisotopic (exact) mass is 516 g/mol. The van der Waals surface area contributed by atoms with E-state index in [1.54, 1.807) is 56.3 Å². The average molecular weight is 517 g/mol. The number of nitrogens with zero attached hydrogens (tertiary/aromatic N) is 5. The first kappa shape index (κ1) is 25.7. The summed E-state index contributed by atoms with van der Waals surface area (Å²) in [7, 11) is 7.18. The summed E-state index contributed by atoms with van der Waals surface area (Å²) in [5, 5.41) is 3.87. The summed E-state index contributed by atoms with van der Waals surface area (Å²) in [6.07, 6.45) is 3.16. The van der Waals surface area contributed by atoms with Gasteiger partial charge in [0, 0.05) is 88.0 Å². The Labute approximate surface area is 221 Å². The van der Waals surface area contributed by atoms with Gasteiger partial charge in [0.15, 0.2) is 0 Å². The number of pyridine rings is 2. The van der Waals surface area contributed by atoms with Crippen molar-refractivity contribution in [2.45, 2.75) is 25.1 Å². The van der Waals surface area contributed by atoms with Gasteiger partial charge in [-0.3, -0.25) is 19.1 Å². The van der Waals surface area contributed by atoms with Gasteiger partial charge in [-0.05, 0) is 48.9 Å². The van der Waals surface area contributed by atoms with Crippen molar-refractivity contribution in [3.05, 3.63) is 88.1 Å². The molecule has 3 aromatic heterocycles. The van der Waals surface area contributed by atoms with E-state index >= 15 is 4.39 Å². The van der Waals surface area contributed by atoms with E-state index in [2.05, 4.69) is 21.3 Å². The topological polar surface area (TPSA) is 75.4 Å². The molecular formula is C29H33FN6O2. The minimum Gasteiger partial charge on any atom is -0.388 e. The summed E-state index contributed by atoms with van der Waals surface area (Å²) in [6, 6.07) is 14.6. The maximum absolute atomic E-state index is 15.4. The van der Waals surface area contributed by atoms with Crippen LogP contribution < -0.4 is 10.9 Å². The van der Waals surface area contributed by atoms with Gasteiger partial charge in [-0.15, -0.1) is 0 Å². The summed E-state index contributed by atoms with van der Waals surface area (Å²) in [4.78, 5) is 33.1. The van der Waals surface area contributed by atoms with Crippen molar-refractivity contribution in [2.75, 3.05) is 39.5 Å². The average Bonchev–Trinajstić information content (AvgIpc) is 3.23. The van der Waals surface area contributed by atoms with Crippen molar-refractivity contribution in [2.24, 2.45) is 7.05 Å². The van der Waals surface area contributed by atoms with Crippen LogP contribution in [0.2, 0.25) is 0 Å². The van der Waals surface area contributed by atoms with E-state index in [9.17, 15) is 9.59 Å². The fourth-order valence-corrected chi connectivity index (χ4v) is 5.30. The highest BCUT2D eigenvalue weighted by Gasteiger charge is 2.31. The van der Waals surface area contributed by atoms with E-state index in [0.29, 0.717) is 25.1 Å². The molecule has 1 N–H and O–H groups in total. The number of hydrogen-bond acceptors (Lipinski definition) is 5. The van der Waals surface area contributed by atoms with Crippen molar-refractivity contribution >= 4 is 22.6 Å². The van der Waals surface area contributed by atoms with Crippen LogP contribution in [0, 0.1) is 0 Å². The maximum atomic E-state index is 15.4. The molecule has 198 valence electrons. The van der Waals surface area contributed by atoms with Crippen LogP contribution in [0.4, 0.5) is 10.1 Å². The highest BCUT2D eigenvalue weighted by Crippen LogP contribution is 2.32. The largest absolute Gasteiger partial charge is 0.388 e. The Morgan fingerprint density at radius 3 is 2.58 bits per heavy atom. The Kier molecular flexibility index (Phi) is 7.03. The van der Waals surface area contributed by atoms with Gasteiger partial charge in [-0.1, -0.05) is 12.1 Å². The van der Waals surface area contributed by atoms with Crippen molar-refractivity contribution in [3.8, 4) is 5.69 Å². The number of alkyl halides is 1. The number of halogens is 1. The van der Waals surface area contributed by atoms with Gasteiger partial charge in [0.2, 0.25) is 0 Å². The van der Waals surface area contributed by atoms with Gasteiger partial charge in [0.05, 0.1) is 5.69 Å². The predicted octanol–water partition coefficient (Wildman–Crippen LogP) is 3.80. The SMILES string of the molecule is CNc1ccn(-c2ccnc3c2cc(CN2CC[C@H](c4ccc(C(=O)N(C)C)cc4)[C@H](F)C2)n3C)c(=O)c1. The molecule has 38 heavy (non-hydrogen) atoms. The molecule has 4 aromatic rings. The third-order valence-electron chi connectivity index (χ3n) is 7.48. The molecule has 1 amide bonds. The standard InChI is InChI=1S/C29H33FN6O2/c1-31-21-10-14-36(27(37)15-21)26-9-12-32-28-24(26)16-22(34(28)4)17-35-13-11-23(25(30)18-35)19-5-7-20(8-6-19)29(38)33(2)3/h5-10,12,14-16,23,25,31H,11,13,17-18H2,1-4H3/t23-,25-/m1/s1. The van der Waals surface area contributed by atoms with Crippen LogP contribution in [-0.4, -0.2) is 70.2 Å². The smallest absolute Gasteiger partial charge is 0.257 e. The molecule has 1 aliphatic rings. The summed E-state index contributed by atoms with van der Waals surface area (Å²) in [5.41, 5.74) is 4.72. The summed E-state index contributed by atoms with van der Waals surface area (Å²) >= 11 is 0. The molecule has 4 heterocycles. The third-order valence-corrected chi connectivity index (χ3v) is 7.48. The molecule has 5 rings (SSSR count). The number of aromatic nitrogens is 3. The summed E-state index contributed by atoms with van der Waals surface area (Å²) in [5.74, 6) is -0.251. The van der Waals surface area contributed by atoms with Crippen LogP contribution in [0.3, 0.4) is 0 Å². The van der Waals surface area contributed by atoms with Crippen molar-refractivity contribution in [1.29, 1.82) is 0 Å². The van der Waals surface area contributed by atoms with E-state index in [-0.39, 0.29) is 17.4 Å². The second kappa shape index (κ2) is 10.4. The molecule has 0 saturated carbocycles. The first-order valence-electron chi connectivity index (χ1n) is 12.8. The first-order chi connectivity index (χ1) is 18.3. The highest BCUT2D eigenvalue weighted by atomic mass is 19.1. The normalized spacial score (nSPS) is 18.0. The molecule has 1 aromatic carbocycles. The number of carbonyl (C=O) groups is 1. The van der Waals surface area contributed by atoms with Gasteiger partial charge < -0.3 is 14.8 Å². The first-order valence-corrected chi connectivity index (χ1v) is 12.8. The van der Waals surface area contributed by atoms with Crippen molar-refractivity contribution in [3.63, 3.8) is 0 Å². The number of rotatable bonds is 6. The minimum absolute atomic E-state index is 0.0596. The molecule has 1 saturated heterocycles. The number of benzene rings is 1. The number of anilines is 1. The Morgan fingerprint density at radius 1 is 1.16 bits per heavy atom. The Balaban J connectivity index is 1.33.